The monoisotopic (exact) mass is 739 g/mol. The molecule has 3 aromatic carbocycles. The minimum atomic E-state index is -0.988. The van der Waals surface area contributed by atoms with Crippen LogP contribution in [0, 0.1) is 6.92 Å². The van der Waals surface area contributed by atoms with Gasteiger partial charge in [-0.05, 0) is 72.9 Å². The molecule has 1 saturated heterocycles. The molecule has 4 aliphatic rings. The van der Waals surface area contributed by atoms with E-state index in [9.17, 15) is 19.2 Å². The van der Waals surface area contributed by atoms with E-state index in [1.165, 1.54) is 11.1 Å². The van der Waals surface area contributed by atoms with Crippen LogP contribution in [0.1, 0.15) is 89.1 Å². The Morgan fingerprint density at radius 3 is 2.15 bits per heavy atom. The molecule has 3 fully saturated rings. The van der Waals surface area contributed by atoms with Gasteiger partial charge in [-0.3, -0.25) is 29.4 Å². The molecule has 278 valence electrons. The van der Waals surface area contributed by atoms with E-state index >= 15 is 0 Å². The van der Waals surface area contributed by atoms with Gasteiger partial charge in [-0.25, -0.2) is 9.97 Å². The topological polar surface area (TPSA) is 179 Å². The first kappa shape index (κ1) is 34.3. The van der Waals surface area contributed by atoms with Crippen LogP contribution in [0.5, 0.6) is 17.2 Å². The molecule has 1 atom stereocenters. The third-order valence-corrected chi connectivity index (χ3v) is 11.1. The summed E-state index contributed by atoms with van der Waals surface area (Å²) in [5.41, 5.74) is 3.66. The number of aromatic nitrogens is 4. The lowest BCUT2D eigenvalue weighted by Gasteiger charge is -2.36. The van der Waals surface area contributed by atoms with Crippen LogP contribution in [0.3, 0.4) is 0 Å². The number of fused-ring (bicyclic) bond motifs is 1. The summed E-state index contributed by atoms with van der Waals surface area (Å²) in [6.45, 7) is 1.71. The van der Waals surface area contributed by atoms with Crippen LogP contribution < -0.4 is 20.1 Å². The molecule has 4 amide bonds. The predicted octanol–water partition coefficient (Wildman–Crippen LogP) is 5.91. The van der Waals surface area contributed by atoms with Gasteiger partial charge in [0.05, 0.1) is 23.5 Å². The first-order valence-electron chi connectivity index (χ1n) is 18.5. The van der Waals surface area contributed by atoms with E-state index < -0.39 is 29.7 Å². The number of hydrogen-bond acceptors (Lipinski definition) is 12. The molecule has 2 aliphatic heterocycles. The van der Waals surface area contributed by atoms with Crippen LogP contribution in [0.25, 0.3) is 11.6 Å². The number of nitrogens with zero attached hydrogens (tertiary/aromatic N) is 5. The molecule has 14 heteroatoms. The summed E-state index contributed by atoms with van der Waals surface area (Å²) in [4.78, 5) is 64.0. The molecule has 0 spiro atoms. The Morgan fingerprint density at radius 2 is 1.49 bits per heavy atom. The Balaban J connectivity index is 0.797. The number of rotatable bonds is 10. The van der Waals surface area contributed by atoms with Crippen molar-refractivity contribution >= 4 is 29.3 Å². The Bertz CT molecular complexity index is 2290. The number of anilines is 1. The number of carbonyl (C=O) groups is 4. The summed E-state index contributed by atoms with van der Waals surface area (Å²) in [5, 5.41) is 9.53. The highest BCUT2D eigenvalue weighted by Gasteiger charge is 2.45. The SMILES string of the molecule is Cc1nc(-c2ncc(Oc3ccc(C4(c5ccc(OC6CC(Nc7ccc8c(c7)C(=O)N(C7CCC(=O)NC7=O)C8=O)C6)cc5)CCCC4)cc3)cn2)no1. The first-order chi connectivity index (χ1) is 26.7. The number of nitrogens with one attached hydrogen (secondary N) is 2. The zero-order chi connectivity index (χ0) is 37.7. The molecule has 2 aromatic heterocycles. The lowest BCUT2D eigenvalue weighted by molar-refractivity contribution is -0.136. The second kappa shape index (κ2) is 13.8. The second-order valence-electron chi connectivity index (χ2n) is 14.6. The van der Waals surface area contributed by atoms with Gasteiger partial charge < -0.3 is 19.3 Å². The minimum Gasteiger partial charge on any atom is -0.490 e. The average Bonchev–Trinajstić information content (AvgIpc) is 3.91. The van der Waals surface area contributed by atoms with Crippen LogP contribution in [-0.4, -0.2) is 66.8 Å². The van der Waals surface area contributed by atoms with Crippen LogP contribution >= 0.6 is 0 Å². The molecule has 1 unspecified atom stereocenters. The summed E-state index contributed by atoms with van der Waals surface area (Å²) in [5.74, 6) is 1.10. The molecule has 2 N–H and O–H groups in total. The summed E-state index contributed by atoms with van der Waals surface area (Å²) in [6.07, 6.45) is 9.42. The van der Waals surface area contributed by atoms with Crippen molar-refractivity contribution in [2.24, 2.45) is 0 Å². The summed E-state index contributed by atoms with van der Waals surface area (Å²) in [7, 11) is 0. The molecule has 2 saturated carbocycles. The Hall–Kier alpha value is -6.44. The van der Waals surface area contributed by atoms with E-state index in [1.54, 1.807) is 37.5 Å². The number of aryl methyl sites for hydroxylation is 1. The summed E-state index contributed by atoms with van der Waals surface area (Å²) in [6, 6.07) is 21.0. The molecule has 2 aliphatic carbocycles. The third kappa shape index (κ3) is 6.47. The number of ether oxygens (including phenoxy) is 2. The van der Waals surface area contributed by atoms with Crippen LogP contribution in [0.2, 0.25) is 0 Å². The van der Waals surface area contributed by atoms with Crippen molar-refractivity contribution in [3.05, 3.63) is 107 Å². The van der Waals surface area contributed by atoms with Crippen molar-refractivity contribution in [2.45, 2.75) is 81.9 Å². The third-order valence-electron chi connectivity index (χ3n) is 11.1. The minimum absolute atomic E-state index is 0.0433. The smallest absolute Gasteiger partial charge is 0.262 e. The predicted molar refractivity (Wildman–Crippen MR) is 196 cm³/mol. The Morgan fingerprint density at radius 1 is 0.818 bits per heavy atom. The number of imide groups is 2. The van der Waals surface area contributed by atoms with Crippen molar-refractivity contribution < 1.29 is 33.2 Å². The Kier molecular flexibility index (Phi) is 8.59. The quantitative estimate of drug-likeness (QED) is 0.162. The fourth-order valence-corrected chi connectivity index (χ4v) is 8.20. The molecular weight excluding hydrogens is 702 g/mol. The maximum atomic E-state index is 13.2. The van der Waals surface area contributed by atoms with Gasteiger partial charge in [0.15, 0.2) is 5.75 Å². The lowest BCUT2D eigenvalue weighted by atomic mass is 9.73. The zero-order valence-corrected chi connectivity index (χ0v) is 30.0. The van der Waals surface area contributed by atoms with Crippen molar-refractivity contribution in [3.8, 4) is 28.9 Å². The van der Waals surface area contributed by atoms with Gasteiger partial charge in [0.25, 0.3) is 11.8 Å². The molecule has 9 rings (SSSR count). The molecule has 4 heterocycles. The summed E-state index contributed by atoms with van der Waals surface area (Å²) >= 11 is 0. The standard InChI is InChI=1S/C41H37N7O7/c1-23-44-37(47-55-23)36-42-21-31(22-43-36)54-29-11-6-25(7-12-29)41(16-2-3-17-41)24-4-9-28(10-5-24)53-30-18-27(19-30)45-26-8-13-32-33(20-26)40(52)48(39(32)51)34-14-15-35(49)46-38(34)50/h4-13,20-22,27,30,34,45H,2-3,14-19H2,1H3,(H,46,49,50). The van der Waals surface area contributed by atoms with Gasteiger partial charge in [0.2, 0.25) is 29.4 Å². The van der Waals surface area contributed by atoms with Crippen molar-refractivity contribution in [3.63, 3.8) is 0 Å². The van der Waals surface area contributed by atoms with E-state index in [-0.39, 0.29) is 41.5 Å². The van der Waals surface area contributed by atoms with Crippen LogP contribution in [0.15, 0.2) is 83.6 Å². The second-order valence-corrected chi connectivity index (χ2v) is 14.6. The molecule has 0 bridgehead atoms. The van der Waals surface area contributed by atoms with Crippen molar-refractivity contribution in [1.82, 2.24) is 30.3 Å². The van der Waals surface area contributed by atoms with Gasteiger partial charge in [0, 0.05) is 43.3 Å². The maximum Gasteiger partial charge on any atom is 0.262 e. The van der Waals surface area contributed by atoms with Gasteiger partial charge in [-0.15, -0.1) is 0 Å². The van der Waals surface area contributed by atoms with E-state index in [4.69, 9.17) is 14.0 Å². The molecule has 14 nitrogen and oxygen atoms in total. The number of benzene rings is 3. The van der Waals surface area contributed by atoms with E-state index in [0.29, 0.717) is 29.0 Å². The number of amides is 4. The summed E-state index contributed by atoms with van der Waals surface area (Å²) < 4.78 is 17.4. The number of piperidine rings is 1. The fraction of sp³-hybridized carbons (Fsp3) is 0.317. The van der Waals surface area contributed by atoms with Gasteiger partial charge in [-0.2, -0.15) is 4.98 Å². The van der Waals surface area contributed by atoms with E-state index in [2.05, 4.69) is 67.1 Å². The lowest BCUT2D eigenvalue weighted by Crippen LogP contribution is -2.54. The maximum absolute atomic E-state index is 13.2. The molecule has 5 aromatic rings. The van der Waals surface area contributed by atoms with E-state index in [1.807, 2.05) is 12.1 Å². The number of hydrogen-bond donors (Lipinski definition) is 2. The van der Waals surface area contributed by atoms with Gasteiger partial charge in [0.1, 0.15) is 23.6 Å². The molecule has 0 radical (unpaired) electrons. The van der Waals surface area contributed by atoms with Gasteiger partial charge in [-0.1, -0.05) is 42.3 Å². The highest BCUT2D eigenvalue weighted by molar-refractivity contribution is 6.23. The highest BCUT2D eigenvalue weighted by atomic mass is 16.5. The average molecular weight is 740 g/mol. The highest BCUT2D eigenvalue weighted by Crippen LogP contribution is 2.47. The van der Waals surface area contributed by atoms with Crippen molar-refractivity contribution in [1.29, 1.82) is 0 Å². The van der Waals surface area contributed by atoms with Crippen LogP contribution in [-0.2, 0) is 15.0 Å². The zero-order valence-electron chi connectivity index (χ0n) is 30.0. The number of carbonyl (C=O) groups excluding carboxylic acids is 4. The van der Waals surface area contributed by atoms with E-state index in [0.717, 1.165) is 54.9 Å². The van der Waals surface area contributed by atoms with Crippen LogP contribution in [0.4, 0.5) is 5.69 Å². The molecular formula is C41H37N7O7. The normalized spacial score (nSPS) is 21.5. The largest absolute Gasteiger partial charge is 0.490 e. The van der Waals surface area contributed by atoms with Crippen molar-refractivity contribution in [2.75, 3.05) is 5.32 Å². The van der Waals surface area contributed by atoms with Gasteiger partial charge >= 0.3 is 0 Å². The fourth-order valence-electron chi connectivity index (χ4n) is 8.20. The first-order valence-corrected chi connectivity index (χ1v) is 18.5. The molecule has 55 heavy (non-hydrogen) atoms. The Labute approximate surface area is 315 Å².